The highest BCUT2D eigenvalue weighted by atomic mass is 32.1. The van der Waals surface area contributed by atoms with Crippen molar-refractivity contribution >= 4 is 33.1 Å². The summed E-state index contributed by atoms with van der Waals surface area (Å²) in [5.41, 5.74) is 0.831. The van der Waals surface area contributed by atoms with Gasteiger partial charge in [0, 0.05) is 30.8 Å². The lowest BCUT2D eigenvalue weighted by Gasteiger charge is -2.05. The van der Waals surface area contributed by atoms with Gasteiger partial charge in [-0.15, -0.1) is 0 Å². The highest BCUT2D eigenvalue weighted by molar-refractivity contribution is 7.16. The number of carbonyl (C=O) groups excluding carboxylic acids is 1. The third kappa shape index (κ3) is 4.26. The number of thiazole rings is 1. The Bertz CT molecular complexity index is 1060. The molecule has 9 heteroatoms. The number of aromatic nitrogens is 1. The standard InChI is InChI=1S/C18H16FN3O4S/c1-2-26-10-9-21-15-11-14(22(24)25)7-8-16(15)27-18(21)20-17(23)12-3-5-13(19)6-4-12/h3-8,11H,2,9-10H2,1H3. The molecular formula is C18H16FN3O4S. The minimum absolute atomic E-state index is 0.0399. The van der Waals surface area contributed by atoms with Crippen molar-refractivity contribution in [2.24, 2.45) is 4.99 Å². The van der Waals surface area contributed by atoms with Gasteiger partial charge in [0.05, 0.1) is 21.7 Å². The van der Waals surface area contributed by atoms with Gasteiger partial charge >= 0.3 is 0 Å². The molecule has 0 radical (unpaired) electrons. The average molecular weight is 389 g/mol. The lowest BCUT2D eigenvalue weighted by Crippen LogP contribution is -2.19. The van der Waals surface area contributed by atoms with Gasteiger partial charge in [0.25, 0.3) is 11.6 Å². The van der Waals surface area contributed by atoms with Crippen LogP contribution >= 0.6 is 11.3 Å². The van der Waals surface area contributed by atoms with Crippen molar-refractivity contribution < 1.29 is 18.8 Å². The van der Waals surface area contributed by atoms with Gasteiger partial charge in [-0.25, -0.2) is 4.39 Å². The van der Waals surface area contributed by atoms with Gasteiger partial charge in [-0.3, -0.25) is 14.9 Å². The van der Waals surface area contributed by atoms with E-state index in [2.05, 4.69) is 4.99 Å². The normalized spacial score (nSPS) is 11.9. The molecule has 0 fully saturated rings. The van der Waals surface area contributed by atoms with Crippen LogP contribution in [0.5, 0.6) is 0 Å². The van der Waals surface area contributed by atoms with Crippen molar-refractivity contribution in [2.75, 3.05) is 13.2 Å². The van der Waals surface area contributed by atoms with Crippen molar-refractivity contribution in [1.29, 1.82) is 0 Å². The van der Waals surface area contributed by atoms with Crippen LogP contribution in [0.15, 0.2) is 47.5 Å². The first-order valence-electron chi connectivity index (χ1n) is 8.19. The number of nitro benzene ring substituents is 1. The summed E-state index contributed by atoms with van der Waals surface area (Å²) >= 11 is 1.25. The molecule has 7 nitrogen and oxygen atoms in total. The second-order valence-electron chi connectivity index (χ2n) is 5.57. The number of hydrogen-bond donors (Lipinski definition) is 0. The van der Waals surface area contributed by atoms with Crippen molar-refractivity contribution in [3.63, 3.8) is 0 Å². The van der Waals surface area contributed by atoms with E-state index in [9.17, 15) is 19.3 Å². The number of amides is 1. The molecule has 0 N–H and O–H groups in total. The molecule has 140 valence electrons. The minimum Gasteiger partial charge on any atom is -0.380 e. The van der Waals surface area contributed by atoms with Gasteiger partial charge in [-0.05, 0) is 37.3 Å². The molecule has 1 heterocycles. The molecule has 0 saturated carbocycles. The zero-order chi connectivity index (χ0) is 19.4. The third-order valence-electron chi connectivity index (χ3n) is 3.83. The Hall–Kier alpha value is -2.91. The number of nitrogens with zero attached hydrogens (tertiary/aromatic N) is 3. The lowest BCUT2D eigenvalue weighted by molar-refractivity contribution is -0.384. The number of non-ortho nitro benzene ring substituents is 1. The summed E-state index contributed by atoms with van der Waals surface area (Å²) in [6.07, 6.45) is 0. The van der Waals surface area contributed by atoms with E-state index in [1.165, 1.54) is 47.7 Å². The summed E-state index contributed by atoms with van der Waals surface area (Å²) in [5.74, 6) is -0.950. The van der Waals surface area contributed by atoms with E-state index in [0.717, 1.165) is 4.70 Å². The van der Waals surface area contributed by atoms with Crippen LogP contribution in [0.25, 0.3) is 10.2 Å². The van der Waals surface area contributed by atoms with E-state index in [-0.39, 0.29) is 11.3 Å². The molecule has 0 atom stereocenters. The van der Waals surface area contributed by atoms with Crippen LogP contribution in [-0.4, -0.2) is 28.6 Å². The summed E-state index contributed by atoms with van der Waals surface area (Å²) < 4.78 is 20.9. The van der Waals surface area contributed by atoms with Crippen LogP contribution in [0.4, 0.5) is 10.1 Å². The SMILES string of the molecule is CCOCCn1c(=NC(=O)c2ccc(F)cc2)sc2ccc([N+](=O)[O-])cc21. The second-order valence-corrected chi connectivity index (χ2v) is 6.58. The number of nitro groups is 1. The summed E-state index contributed by atoms with van der Waals surface area (Å²) in [7, 11) is 0. The summed E-state index contributed by atoms with van der Waals surface area (Å²) in [6.45, 7) is 3.17. The Balaban J connectivity index is 2.09. The number of ether oxygens (including phenoxy) is 1. The molecule has 1 aromatic heterocycles. The fourth-order valence-corrected chi connectivity index (χ4v) is 3.55. The van der Waals surface area contributed by atoms with Crippen LogP contribution < -0.4 is 4.80 Å². The van der Waals surface area contributed by atoms with Crippen LogP contribution in [0.3, 0.4) is 0 Å². The molecule has 0 bridgehead atoms. The summed E-state index contributed by atoms with van der Waals surface area (Å²) in [5, 5.41) is 11.1. The summed E-state index contributed by atoms with van der Waals surface area (Å²) in [6, 6.07) is 9.63. The predicted octanol–water partition coefficient (Wildman–Crippen LogP) is 3.53. The van der Waals surface area contributed by atoms with E-state index in [0.29, 0.717) is 30.1 Å². The zero-order valence-electron chi connectivity index (χ0n) is 14.4. The highest BCUT2D eigenvalue weighted by Crippen LogP contribution is 2.23. The molecule has 1 amide bonds. The first-order chi connectivity index (χ1) is 13.0. The lowest BCUT2D eigenvalue weighted by atomic mass is 10.2. The van der Waals surface area contributed by atoms with Crippen molar-refractivity contribution in [2.45, 2.75) is 13.5 Å². The van der Waals surface area contributed by atoms with E-state index in [1.54, 1.807) is 10.6 Å². The maximum absolute atomic E-state index is 13.0. The van der Waals surface area contributed by atoms with Crippen LogP contribution in [0.1, 0.15) is 17.3 Å². The fraction of sp³-hybridized carbons (Fsp3) is 0.222. The molecular weight excluding hydrogens is 373 g/mol. The zero-order valence-corrected chi connectivity index (χ0v) is 15.2. The van der Waals surface area contributed by atoms with Gasteiger partial charge in [0.2, 0.25) is 0 Å². The Kier molecular flexibility index (Phi) is 5.72. The van der Waals surface area contributed by atoms with Gasteiger partial charge < -0.3 is 9.30 Å². The highest BCUT2D eigenvalue weighted by Gasteiger charge is 2.13. The number of rotatable bonds is 6. The van der Waals surface area contributed by atoms with E-state index in [4.69, 9.17) is 4.74 Å². The van der Waals surface area contributed by atoms with Crippen molar-refractivity contribution in [1.82, 2.24) is 4.57 Å². The molecule has 0 aliphatic carbocycles. The van der Waals surface area contributed by atoms with E-state index in [1.807, 2.05) is 6.92 Å². The van der Waals surface area contributed by atoms with E-state index < -0.39 is 16.6 Å². The smallest absolute Gasteiger partial charge is 0.279 e. The van der Waals surface area contributed by atoms with Crippen LogP contribution in [0, 0.1) is 15.9 Å². The molecule has 3 rings (SSSR count). The molecule has 0 spiro atoms. The molecule has 2 aromatic carbocycles. The maximum atomic E-state index is 13.0. The molecule has 0 unspecified atom stereocenters. The van der Waals surface area contributed by atoms with Crippen molar-refractivity contribution in [3.05, 3.63) is 68.8 Å². The van der Waals surface area contributed by atoms with Gasteiger partial charge in [-0.2, -0.15) is 4.99 Å². The van der Waals surface area contributed by atoms with Crippen molar-refractivity contribution in [3.8, 4) is 0 Å². The maximum Gasteiger partial charge on any atom is 0.279 e. The average Bonchev–Trinajstić information content (AvgIpc) is 2.99. The number of hydrogen-bond acceptors (Lipinski definition) is 5. The van der Waals surface area contributed by atoms with Crippen LogP contribution in [0.2, 0.25) is 0 Å². The van der Waals surface area contributed by atoms with Gasteiger partial charge in [0.15, 0.2) is 4.80 Å². The first-order valence-corrected chi connectivity index (χ1v) is 9.01. The first kappa shape index (κ1) is 18.9. The Morgan fingerprint density at radius 2 is 2.04 bits per heavy atom. The van der Waals surface area contributed by atoms with Gasteiger partial charge in [0.1, 0.15) is 5.82 Å². The monoisotopic (exact) mass is 389 g/mol. The second kappa shape index (κ2) is 8.19. The number of benzene rings is 2. The minimum atomic E-state index is -0.513. The number of carbonyl (C=O) groups is 1. The quantitative estimate of drug-likeness (QED) is 0.367. The Labute approximate surface area is 157 Å². The Morgan fingerprint density at radius 3 is 2.70 bits per heavy atom. The predicted molar refractivity (Wildman–Crippen MR) is 99.3 cm³/mol. The molecule has 0 aliphatic heterocycles. The van der Waals surface area contributed by atoms with Gasteiger partial charge in [-0.1, -0.05) is 11.3 Å². The topological polar surface area (TPSA) is 86.7 Å². The molecule has 3 aromatic rings. The summed E-state index contributed by atoms with van der Waals surface area (Å²) in [4.78, 5) is 27.6. The largest absolute Gasteiger partial charge is 0.380 e. The number of fused-ring (bicyclic) bond motifs is 1. The van der Waals surface area contributed by atoms with E-state index >= 15 is 0 Å². The third-order valence-corrected chi connectivity index (χ3v) is 4.89. The molecule has 0 saturated heterocycles. The van der Waals surface area contributed by atoms with Crippen LogP contribution in [-0.2, 0) is 11.3 Å². The molecule has 27 heavy (non-hydrogen) atoms. The Morgan fingerprint density at radius 1 is 1.30 bits per heavy atom. The fourth-order valence-electron chi connectivity index (χ4n) is 2.52. The molecule has 0 aliphatic rings. The number of halogens is 1.